The standard InChI is InChI=1S/C26H33N5O11S/c1-14(32)27-22-24(40-16(3)34)23(39-15(2)33)20(41-26(22)38-10-5-4-9-21(35)42-30-43)13-31-12-19(28-29-31)17-7-6-8-18(11-17)25(36)37/h6-8,11-12,20,22-24,26,30,43H,4-5,9-10,13H2,1-3H3,(H,27,32)(H,36,37)/t20?,22-,23-,24?,26+/m0/s1. The normalized spacial score (nSPS) is 21.4. The summed E-state index contributed by atoms with van der Waals surface area (Å²) in [6.45, 7) is 3.63. The van der Waals surface area contributed by atoms with Crippen molar-refractivity contribution in [1.82, 2.24) is 25.2 Å². The number of rotatable bonds is 14. The van der Waals surface area contributed by atoms with E-state index in [1.54, 1.807) is 18.3 Å². The zero-order valence-corrected chi connectivity index (χ0v) is 24.5. The lowest BCUT2D eigenvalue weighted by molar-refractivity contribution is -0.274. The first kappa shape index (κ1) is 33.4. The molecule has 0 spiro atoms. The van der Waals surface area contributed by atoms with Crippen molar-refractivity contribution in [2.75, 3.05) is 6.61 Å². The van der Waals surface area contributed by atoms with E-state index in [1.807, 2.05) is 4.89 Å². The number of aromatic nitrogens is 3. The van der Waals surface area contributed by atoms with E-state index in [4.69, 9.17) is 18.9 Å². The van der Waals surface area contributed by atoms with Gasteiger partial charge in [0.2, 0.25) is 5.91 Å². The smallest absolute Gasteiger partial charge is 0.335 e. The van der Waals surface area contributed by atoms with Gasteiger partial charge >= 0.3 is 23.9 Å². The van der Waals surface area contributed by atoms with Crippen molar-refractivity contribution in [3.63, 3.8) is 0 Å². The Bertz CT molecular complexity index is 1310. The summed E-state index contributed by atoms with van der Waals surface area (Å²) in [4.78, 5) is 65.8. The number of carbonyl (C=O) groups is 5. The van der Waals surface area contributed by atoms with Crippen molar-refractivity contribution in [3.05, 3.63) is 36.0 Å². The molecule has 1 aromatic carbocycles. The Hall–Kier alpha value is -4.06. The summed E-state index contributed by atoms with van der Waals surface area (Å²) in [7, 11) is 0. The fraction of sp³-hybridized carbons (Fsp3) is 0.500. The van der Waals surface area contributed by atoms with Crippen molar-refractivity contribution in [1.29, 1.82) is 0 Å². The van der Waals surface area contributed by atoms with Crippen LogP contribution in [0.2, 0.25) is 0 Å². The van der Waals surface area contributed by atoms with Crippen LogP contribution in [0, 0.1) is 0 Å². The molecule has 2 heterocycles. The van der Waals surface area contributed by atoms with Gasteiger partial charge in [-0.1, -0.05) is 35.0 Å². The number of carboxylic acid groups (broad SMARTS) is 1. The molecule has 2 aromatic rings. The van der Waals surface area contributed by atoms with Crippen LogP contribution in [0.15, 0.2) is 30.5 Å². The third kappa shape index (κ3) is 10.0. The number of benzene rings is 1. The topological polar surface area (TPSA) is 206 Å². The first-order valence-electron chi connectivity index (χ1n) is 13.2. The predicted octanol–water partition coefficient (Wildman–Crippen LogP) is 0.816. The summed E-state index contributed by atoms with van der Waals surface area (Å²) in [5.41, 5.74) is 0.946. The van der Waals surface area contributed by atoms with Crippen LogP contribution in [0.4, 0.5) is 0 Å². The average molecular weight is 624 g/mol. The van der Waals surface area contributed by atoms with Gasteiger partial charge in [-0.15, -0.1) is 5.10 Å². The number of hydrogen-bond donors (Lipinski definition) is 4. The number of aromatic carboxylic acids is 1. The largest absolute Gasteiger partial charge is 0.478 e. The van der Waals surface area contributed by atoms with Gasteiger partial charge in [-0.3, -0.25) is 19.2 Å². The molecule has 2 unspecified atom stereocenters. The van der Waals surface area contributed by atoms with Crippen molar-refractivity contribution in [3.8, 4) is 11.3 Å². The van der Waals surface area contributed by atoms with E-state index in [0.29, 0.717) is 24.1 Å². The van der Waals surface area contributed by atoms with Gasteiger partial charge in [-0.05, 0) is 25.0 Å². The van der Waals surface area contributed by atoms with Crippen LogP contribution < -0.4 is 10.2 Å². The quantitative estimate of drug-likeness (QED) is 0.0756. The predicted molar refractivity (Wildman–Crippen MR) is 148 cm³/mol. The van der Waals surface area contributed by atoms with Gasteiger partial charge in [0.05, 0.1) is 18.3 Å². The molecule has 1 aliphatic heterocycles. The highest BCUT2D eigenvalue weighted by Gasteiger charge is 2.51. The first-order valence-corrected chi connectivity index (χ1v) is 13.6. The van der Waals surface area contributed by atoms with Gasteiger partial charge in [0.1, 0.15) is 17.8 Å². The molecule has 1 aromatic heterocycles. The minimum atomic E-state index is -1.21. The summed E-state index contributed by atoms with van der Waals surface area (Å²) in [6.07, 6.45) is -2.11. The summed E-state index contributed by atoms with van der Waals surface area (Å²) in [5, 5.41) is 20.2. The molecule has 1 saturated heterocycles. The number of amides is 1. The Labute approximate surface area is 251 Å². The number of ether oxygens (including phenoxy) is 4. The van der Waals surface area contributed by atoms with E-state index in [2.05, 4.69) is 33.3 Å². The number of nitrogens with one attached hydrogen (secondary N) is 2. The zero-order chi connectivity index (χ0) is 31.5. The zero-order valence-electron chi connectivity index (χ0n) is 23.6. The van der Waals surface area contributed by atoms with Crippen LogP contribution in [-0.4, -0.2) is 87.1 Å². The third-order valence-corrected chi connectivity index (χ3v) is 6.24. The summed E-state index contributed by atoms with van der Waals surface area (Å²) < 4.78 is 24.6. The Morgan fingerprint density at radius 3 is 2.44 bits per heavy atom. The van der Waals surface area contributed by atoms with E-state index >= 15 is 0 Å². The van der Waals surface area contributed by atoms with Crippen LogP contribution in [-0.2, 0) is 49.5 Å². The second kappa shape index (κ2) is 16.0. The van der Waals surface area contributed by atoms with Gasteiger partial charge in [-0.25, -0.2) is 9.48 Å². The molecule has 0 aliphatic carbocycles. The fourth-order valence-corrected chi connectivity index (χ4v) is 4.54. The minimum Gasteiger partial charge on any atom is -0.478 e. The SMILES string of the molecule is CC(=O)N[C@H]1C(OC(C)=O)[C@@H](OC(C)=O)C(Cn2cc(-c3cccc(C(=O)O)c3)nn2)O[C@H]1OCCCCC(=O)ONS. The van der Waals surface area contributed by atoms with Crippen LogP contribution in [0.1, 0.15) is 50.4 Å². The molecule has 0 saturated carbocycles. The molecule has 234 valence electrons. The molecular formula is C26H33N5O11S. The van der Waals surface area contributed by atoms with Crippen molar-refractivity contribution >= 4 is 42.6 Å². The molecule has 1 aliphatic rings. The van der Waals surface area contributed by atoms with E-state index in [9.17, 15) is 29.1 Å². The monoisotopic (exact) mass is 623 g/mol. The molecule has 0 bridgehead atoms. The van der Waals surface area contributed by atoms with Crippen LogP contribution >= 0.6 is 12.8 Å². The van der Waals surface area contributed by atoms with Crippen LogP contribution in [0.5, 0.6) is 0 Å². The number of carboxylic acids is 1. The van der Waals surface area contributed by atoms with E-state index in [1.165, 1.54) is 37.6 Å². The molecule has 3 rings (SSSR count). The molecule has 16 nitrogen and oxygen atoms in total. The fourth-order valence-electron chi connectivity index (χ4n) is 4.44. The maximum absolute atomic E-state index is 12.1. The lowest BCUT2D eigenvalue weighted by atomic mass is 9.95. The highest BCUT2D eigenvalue weighted by molar-refractivity contribution is 7.77. The van der Waals surface area contributed by atoms with Gasteiger partial charge in [0.15, 0.2) is 18.5 Å². The van der Waals surface area contributed by atoms with Crippen molar-refractivity contribution < 1.29 is 52.9 Å². The molecule has 3 N–H and O–H groups in total. The molecule has 5 atom stereocenters. The van der Waals surface area contributed by atoms with E-state index in [0.717, 1.165) is 0 Å². The van der Waals surface area contributed by atoms with E-state index < -0.39 is 60.4 Å². The Morgan fingerprint density at radius 1 is 1.07 bits per heavy atom. The second-order valence-electron chi connectivity index (χ2n) is 9.52. The van der Waals surface area contributed by atoms with E-state index in [-0.39, 0.29) is 25.1 Å². The highest BCUT2D eigenvalue weighted by Crippen LogP contribution is 2.29. The Morgan fingerprint density at radius 2 is 1.79 bits per heavy atom. The summed E-state index contributed by atoms with van der Waals surface area (Å²) in [6, 6.07) is 5.08. The molecule has 1 amide bonds. The lowest BCUT2D eigenvalue weighted by Crippen LogP contribution is -2.66. The Kier molecular flexibility index (Phi) is 12.4. The minimum absolute atomic E-state index is 0.0590. The van der Waals surface area contributed by atoms with Crippen LogP contribution in [0.25, 0.3) is 11.3 Å². The number of hydrogen-bond acceptors (Lipinski definition) is 14. The summed E-state index contributed by atoms with van der Waals surface area (Å²) >= 11 is 3.60. The first-order chi connectivity index (χ1) is 20.5. The molecular weight excluding hydrogens is 590 g/mol. The number of thiol groups is 1. The molecule has 17 heteroatoms. The van der Waals surface area contributed by atoms with Crippen molar-refractivity contribution in [2.24, 2.45) is 0 Å². The third-order valence-electron chi connectivity index (χ3n) is 6.15. The summed E-state index contributed by atoms with van der Waals surface area (Å²) in [5.74, 6) is -3.48. The number of nitrogens with zero attached hydrogens (tertiary/aromatic N) is 3. The Balaban J connectivity index is 1.86. The van der Waals surface area contributed by atoms with Crippen molar-refractivity contribution in [2.45, 2.75) is 77.2 Å². The number of carbonyl (C=O) groups excluding carboxylic acids is 4. The molecule has 0 radical (unpaired) electrons. The van der Waals surface area contributed by atoms with Gasteiger partial charge < -0.3 is 34.2 Å². The molecule has 1 fully saturated rings. The van der Waals surface area contributed by atoms with Gasteiger partial charge in [-0.2, -0.15) is 0 Å². The number of esters is 2. The second-order valence-corrected chi connectivity index (χ2v) is 9.70. The van der Waals surface area contributed by atoms with Crippen LogP contribution in [0.3, 0.4) is 0 Å². The van der Waals surface area contributed by atoms with Gasteiger partial charge in [0, 0.05) is 39.4 Å². The maximum atomic E-state index is 12.1. The lowest BCUT2D eigenvalue weighted by Gasteiger charge is -2.45. The average Bonchev–Trinajstić information content (AvgIpc) is 3.40. The van der Waals surface area contributed by atoms with Gasteiger partial charge in [0.25, 0.3) is 0 Å². The number of unbranched alkanes of at least 4 members (excludes halogenated alkanes) is 1. The maximum Gasteiger partial charge on any atom is 0.335 e. The highest BCUT2D eigenvalue weighted by atomic mass is 32.1. The molecule has 43 heavy (non-hydrogen) atoms.